The Hall–Kier alpha value is -3.12. The topological polar surface area (TPSA) is 67.4 Å². The highest BCUT2D eigenvalue weighted by Gasteiger charge is 2.14. The molecule has 6 heteroatoms. The van der Waals surface area contributed by atoms with E-state index in [2.05, 4.69) is 10.6 Å². The molecule has 0 fully saturated rings. The van der Waals surface area contributed by atoms with Crippen LogP contribution in [0, 0.1) is 0 Å². The third kappa shape index (κ3) is 4.29. The van der Waals surface area contributed by atoms with Crippen LogP contribution in [0.4, 0.5) is 5.69 Å². The lowest BCUT2D eigenvalue weighted by molar-refractivity contribution is 0.0951. The van der Waals surface area contributed by atoms with Crippen molar-refractivity contribution in [3.63, 3.8) is 0 Å². The van der Waals surface area contributed by atoms with Gasteiger partial charge in [0.1, 0.15) is 5.75 Å². The van der Waals surface area contributed by atoms with E-state index >= 15 is 0 Å². The Labute approximate surface area is 155 Å². The third-order valence-electron chi connectivity index (χ3n) is 3.75. The minimum absolute atomic E-state index is 0.229. The van der Waals surface area contributed by atoms with Gasteiger partial charge in [-0.05, 0) is 41.3 Å². The van der Waals surface area contributed by atoms with Gasteiger partial charge in [-0.2, -0.15) is 0 Å². The standard InChI is InChI=1S/C20H18N2O3S/c1-25-15-7-4-6-14(12-15)13-21-19(23)16-8-2-3-9-17(16)22-20(24)18-10-5-11-26-18/h2-12H,13H2,1H3,(H,21,23)(H,22,24). The average molecular weight is 366 g/mol. The second-order valence-electron chi connectivity index (χ2n) is 5.51. The van der Waals surface area contributed by atoms with Gasteiger partial charge in [0.25, 0.3) is 11.8 Å². The Morgan fingerprint density at radius 1 is 1.00 bits per heavy atom. The Bertz CT molecular complexity index is 907. The van der Waals surface area contributed by atoms with Gasteiger partial charge >= 0.3 is 0 Å². The minimum Gasteiger partial charge on any atom is -0.497 e. The molecular weight excluding hydrogens is 348 g/mol. The van der Waals surface area contributed by atoms with Crippen molar-refractivity contribution in [3.8, 4) is 5.75 Å². The first-order valence-corrected chi connectivity index (χ1v) is 8.90. The number of rotatable bonds is 6. The number of anilines is 1. The van der Waals surface area contributed by atoms with Gasteiger partial charge in [-0.15, -0.1) is 11.3 Å². The lowest BCUT2D eigenvalue weighted by Crippen LogP contribution is -2.24. The second-order valence-corrected chi connectivity index (χ2v) is 6.46. The van der Waals surface area contributed by atoms with Crippen molar-refractivity contribution in [1.29, 1.82) is 0 Å². The van der Waals surface area contributed by atoms with E-state index < -0.39 is 0 Å². The van der Waals surface area contributed by atoms with Gasteiger partial charge in [0.05, 0.1) is 23.2 Å². The SMILES string of the molecule is COc1cccc(CNC(=O)c2ccccc2NC(=O)c2cccs2)c1. The highest BCUT2D eigenvalue weighted by molar-refractivity contribution is 7.12. The third-order valence-corrected chi connectivity index (χ3v) is 4.62. The van der Waals surface area contributed by atoms with Crippen LogP contribution in [0.3, 0.4) is 0 Å². The summed E-state index contributed by atoms with van der Waals surface area (Å²) in [5.41, 5.74) is 1.83. The van der Waals surface area contributed by atoms with Crippen molar-refractivity contribution in [1.82, 2.24) is 5.32 Å². The fraction of sp³-hybridized carbons (Fsp3) is 0.100. The van der Waals surface area contributed by atoms with E-state index in [-0.39, 0.29) is 11.8 Å². The molecule has 0 radical (unpaired) electrons. The van der Waals surface area contributed by atoms with E-state index in [4.69, 9.17) is 4.74 Å². The monoisotopic (exact) mass is 366 g/mol. The van der Waals surface area contributed by atoms with Crippen molar-refractivity contribution in [2.75, 3.05) is 12.4 Å². The summed E-state index contributed by atoms with van der Waals surface area (Å²) in [5, 5.41) is 7.51. The molecule has 0 aliphatic carbocycles. The summed E-state index contributed by atoms with van der Waals surface area (Å²) in [6, 6.07) is 18.0. The molecule has 2 N–H and O–H groups in total. The molecule has 0 aliphatic heterocycles. The quantitative estimate of drug-likeness (QED) is 0.694. The number of ether oxygens (including phenoxy) is 1. The normalized spacial score (nSPS) is 10.2. The molecule has 0 unspecified atom stereocenters. The summed E-state index contributed by atoms with van der Waals surface area (Å²) in [5.74, 6) is 0.253. The number of benzene rings is 2. The van der Waals surface area contributed by atoms with Gasteiger partial charge in [-0.25, -0.2) is 0 Å². The predicted octanol–water partition coefficient (Wildman–Crippen LogP) is 3.94. The summed E-state index contributed by atoms with van der Waals surface area (Å²) >= 11 is 1.35. The number of carbonyl (C=O) groups is 2. The number of carbonyl (C=O) groups excluding carboxylic acids is 2. The molecule has 0 spiro atoms. The van der Waals surface area contributed by atoms with Crippen molar-refractivity contribution in [3.05, 3.63) is 82.0 Å². The van der Waals surface area contributed by atoms with Crippen molar-refractivity contribution < 1.29 is 14.3 Å². The van der Waals surface area contributed by atoms with Crippen molar-refractivity contribution in [2.24, 2.45) is 0 Å². The van der Waals surface area contributed by atoms with Crippen LogP contribution in [0.15, 0.2) is 66.0 Å². The van der Waals surface area contributed by atoms with Crippen LogP contribution in [0.5, 0.6) is 5.75 Å². The molecule has 2 aromatic carbocycles. The van der Waals surface area contributed by atoms with Crippen LogP contribution in [-0.4, -0.2) is 18.9 Å². The summed E-state index contributed by atoms with van der Waals surface area (Å²) in [4.78, 5) is 25.4. The maximum Gasteiger partial charge on any atom is 0.265 e. The number of methoxy groups -OCH3 is 1. The summed E-state index contributed by atoms with van der Waals surface area (Å²) in [7, 11) is 1.60. The minimum atomic E-state index is -0.255. The van der Waals surface area contributed by atoms with Gasteiger partial charge in [0, 0.05) is 6.54 Å². The van der Waals surface area contributed by atoms with E-state index in [0.29, 0.717) is 22.7 Å². The molecule has 0 atom stereocenters. The van der Waals surface area contributed by atoms with Gasteiger partial charge < -0.3 is 15.4 Å². The van der Waals surface area contributed by atoms with E-state index in [1.807, 2.05) is 35.7 Å². The smallest absolute Gasteiger partial charge is 0.265 e. The number of amides is 2. The molecule has 0 saturated carbocycles. The molecule has 0 bridgehead atoms. The lowest BCUT2D eigenvalue weighted by Gasteiger charge is -2.11. The Kier molecular flexibility index (Phi) is 5.66. The van der Waals surface area contributed by atoms with E-state index in [1.165, 1.54) is 11.3 Å². The zero-order valence-corrected chi connectivity index (χ0v) is 15.0. The number of hydrogen-bond donors (Lipinski definition) is 2. The van der Waals surface area contributed by atoms with Crippen LogP contribution in [-0.2, 0) is 6.54 Å². The Balaban J connectivity index is 1.70. The molecule has 132 valence electrons. The summed E-state index contributed by atoms with van der Waals surface area (Å²) < 4.78 is 5.19. The maximum absolute atomic E-state index is 12.6. The molecule has 5 nitrogen and oxygen atoms in total. The first kappa shape index (κ1) is 17.7. The van der Waals surface area contributed by atoms with Crippen LogP contribution >= 0.6 is 11.3 Å². The molecule has 26 heavy (non-hydrogen) atoms. The molecule has 1 heterocycles. The van der Waals surface area contributed by atoms with Crippen LogP contribution < -0.4 is 15.4 Å². The molecular formula is C20H18N2O3S. The van der Waals surface area contributed by atoms with Crippen LogP contribution in [0.1, 0.15) is 25.6 Å². The number of para-hydroxylation sites is 1. The molecule has 3 aromatic rings. The fourth-order valence-corrected chi connectivity index (χ4v) is 3.06. The first-order valence-electron chi connectivity index (χ1n) is 8.02. The largest absolute Gasteiger partial charge is 0.497 e. The number of thiophene rings is 1. The predicted molar refractivity (Wildman–Crippen MR) is 103 cm³/mol. The maximum atomic E-state index is 12.6. The van der Waals surface area contributed by atoms with Gasteiger partial charge in [0.15, 0.2) is 0 Å². The summed E-state index contributed by atoms with van der Waals surface area (Å²) in [6.07, 6.45) is 0. The zero-order valence-electron chi connectivity index (χ0n) is 14.2. The van der Waals surface area contributed by atoms with Gasteiger partial charge in [0.2, 0.25) is 0 Å². The highest BCUT2D eigenvalue weighted by atomic mass is 32.1. The fourth-order valence-electron chi connectivity index (χ4n) is 2.44. The molecule has 0 saturated heterocycles. The molecule has 0 aliphatic rings. The van der Waals surface area contributed by atoms with Crippen LogP contribution in [0.25, 0.3) is 0 Å². The van der Waals surface area contributed by atoms with Gasteiger partial charge in [-0.3, -0.25) is 9.59 Å². The lowest BCUT2D eigenvalue weighted by atomic mass is 10.1. The average Bonchev–Trinajstić information content (AvgIpc) is 3.21. The molecule has 1 aromatic heterocycles. The van der Waals surface area contributed by atoms with E-state index in [9.17, 15) is 9.59 Å². The molecule has 3 rings (SSSR count). The number of hydrogen-bond acceptors (Lipinski definition) is 4. The van der Waals surface area contributed by atoms with Crippen LogP contribution in [0.2, 0.25) is 0 Å². The Morgan fingerprint density at radius 2 is 1.85 bits per heavy atom. The van der Waals surface area contributed by atoms with E-state index in [0.717, 1.165) is 11.3 Å². The van der Waals surface area contributed by atoms with Gasteiger partial charge in [-0.1, -0.05) is 30.3 Å². The molecule has 2 amide bonds. The van der Waals surface area contributed by atoms with Crippen molar-refractivity contribution in [2.45, 2.75) is 6.54 Å². The van der Waals surface area contributed by atoms with Crippen molar-refractivity contribution >= 4 is 28.8 Å². The van der Waals surface area contributed by atoms with E-state index in [1.54, 1.807) is 37.4 Å². The highest BCUT2D eigenvalue weighted by Crippen LogP contribution is 2.18. The second kappa shape index (κ2) is 8.31. The zero-order chi connectivity index (χ0) is 18.4. The summed E-state index contributed by atoms with van der Waals surface area (Å²) in [6.45, 7) is 0.364. The number of nitrogens with one attached hydrogen (secondary N) is 2. The Morgan fingerprint density at radius 3 is 2.62 bits per heavy atom. The first-order chi connectivity index (χ1) is 12.7.